The molecule has 0 saturated heterocycles. The van der Waals surface area contributed by atoms with Crippen molar-refractivity contribution in [3.8, 4) is 0 Å². The quantitative estimate of drug-likeness (QED) is 0.361. The van der Waals surface area contributed by atoms with Crippen molar-refractivity contribution in [1.82, 2.24) is 9.62 Å². The zero-order valence-corrected chi connectivity index (χ0v) is 22.4. The Labute approximate surface area is 218 Å². The Morgan fingerprint density at radius 1 is 0.917 bits per heavy atom. The summed E-state index contributed by atoms with van der Waals surface area (Å²) in [5, 5.41) is 0.515. The van der Waals surface area contributed by atoms with E-state index in [0.717, 1.165) is 5.56 Å². The summed E-state index contributed by atoms with van der Waals surface area (Å²) >= 11 is 5.95. The maximum atomic E-state index is 13.6. The second-order valence-electron chi connectivity index (χ2n) is 9.01. The average molecular weight is 527 g/mol. The van der Waals surface area contributed by atoms with Crippen LogP contribution in [0.4, 0.5) is 0 Å². The fourth-order valence-corrected chi connectivity index (χ4v) is 5.26. The van der Waals surface area contributed by atoms with E-state index in [1.54, 1.807) is 77.7 Å². The highest BCUT2D eigenvalue weighted by molar-refractivity contribution is 7.89. The number of sulfonamides is 1. The van der Waals surface area contributed by atoms with Crippen molar-refractivity contribution in [2.75, 3.05) is 13.1 Å². The van der Waals surface area contributed by atoms with E-state index in [-0.39, 0.29) is 40.2 Å². The van der Waals surface area contributed by atoms with Gasteiger partial charge in [-0.3, -0.25) is 9.59 Å². The summed E-state index contributed by atoms with van der Waals surface area (Å²) in [6, 6.07) is 19.3. The minimum Gasteiger partial charge on any atom is -0.337 e. The van der Waals surface area contributed by atoms with E-state index in [4.69, 9.17) is 11.6 Å². The standard InChI is InChI=1S/C28H31ClN2O4S/c1-5-31(18-26(19(2)3)30-36(34,35)23-16-10-20(4)11-17-23)28(33)25-9-7-6-8-24(25)27(32)21-12-14-22(29)15-13-21/h6-17,19,26,30H,5,18H2,1-4H3. The average Bonchev–Trinajstić information content (AvgIpc) is 2.86. The summed E-state index contributed by atoms with van der Waals surface area (Å²) in [4.78, 5) is 28.5. The van der Waals surface area contributed by atoms with E-state index in [2.05, 4.69) is 4.72 Å². The number of hydrogen-bond donors (Lipinski definition) is 1. The number of rotatable bonds is 10. The highest BCUT2D eigenvalue weighted by atomic mass is 35.5. The van der Waals surface area contributed by atoms with Crippen LogP contribution in [-0.4, -0.2) is 44.1 Å². The van der Waals surface area contributed by atoms with Crippen molar-refractivity contribution >= 4 is 33.3 Å². The van der Waals surface area contributed by atoms with Crippen molar-refractivity contribution in [3.63, 3.8) is 0 Å². The topological polar surface area (TPSA) is 83.6 Å². The van der Waals surface area contributed by atoms with E-state index in [1.165, 1.54) is 0 Å². The van der Waals surface area contributed by atoms with Gasteiger partial charge in [0.2, 0.25) is 10.0 Å². The third-order valence-electron chi connectivity index (χ3n) is 6.04. The van der Waals surface area contributed by atoms with E-state index in [0.29, 0.717) is 17.1 Å². The number of ketones is 1. The third kappa shape index (κ3) is 6.60. The van der Waals surface area contributed by atoms with Crippen LogP contribution in [-0.2, 0) is 10.0 Å². The molecule has 0 spiro atoms. The smallest absolute Gasteiger partial charge is 0.254 e. The maximum absolute atomic E-state index is 13.6. The molecule has 8 heteroatoms. The lowest BCUT2D eigenvalue weighted by Gasteiger charge is -2.30. The summed E-state index contributed by atoms with van der Waals surface area (Å²) in [5.74, 6) is -0.708. The van der Waals surface area contributed by atoms with Crippen LogP contribution in [0, 0.1) is 12.8 Å². The van der Waals surface area contributed by atoms with Crippen molar-refractivity contribution < 1.29 is 18.0 Å². The second-order valence-corrected chi connectivity index (χ2v) is 11.2. The number of carbonyl (C=O) groups excluding carboxylic acids is 2. The van der Waals surface area contributed by atoms with Gasteiger partial charge >= 0.3 is 0 Å². The molecule has 0 aliphatic heterocycles. The molecule has 6 nitrogen and oxygen atoms in total. The van der Waals surface area contributed by atoms with Gasteiger partial charge in [0.05, 0.1) is 10.5 Å². The molecular weight excluding hydrogens is 496 g/mol. The third-order valence-corrected chi connectivity index (χ3v) is 7.79. The monoisotopic (exact) mass is 526 g/mol. The Bertz CT molecular complexity index is 1320. The van der Waals surface area contributed by atoms with Gasteiger partial charge in [-0.15, -0.1) is 0 Å². The van der Waals surface area contributed by atoms with Crippen LogP contribution < -0.4 is 4.72 Å². The Morgan fingerprint density at radius 2 is 1.50 bits per heavy atom. The van der Waals surface area contributed by atoms with Crippen molar-refractivity contribution in [2.24, 2.45) is 5.92 Å². The molecule has 3 aromatic carbocycles. The highest BCUT2D eigenvalue weighted by Gasteiger charge is 2.28. The number of likely N-dealkylation sites (N-methyl/N-ethyl adjacent to an activating group) is 1. The summed E-state index contributed by atoms with van der Waals surface area (Å²) in [5.41, 5.74) is 1.94. The van der Waals surface area contributed by atoms with Gasteiger partial charge in [-0.1, -0.05) is 61.3 Å². The lowest BCUT2D eigenvalue weighted by molar-refractivity contribution is 0.0738. The van der Waals surface area contributed by atoms with Crippen LogP contribution in [0.2, 0.25) is 5.02 Å². The van der Waals surface area contributed by atoms with Crippen LogP contribution >= 0.6 is 11.6 Å². The SMILES string of the molecule is CCN(CC(NS(=O)(=O)c1ccc(C)cc1)C(C)C)C(=O)c1ccccc1C(=O)c1ccc(Cl)cc1. The molecule has 0 radical (unpaired) electrons. The first-order valence-corrected chi connectivity index (χ1v) is 13.7. The summed E-state index contributed by atoms with van der Waals surface area (Å²) < 4.78 is 28.8. The number of nitrogens with zero attached hydrogens (tertiary/aromatic N) is 1. The molecule has 1 N–H and O–H groups in total. The number of benzene rings is 3. The fraction of sp³-hybridized carbons (Fsp3) is 0.286. The first-order valence-electron chi connectivity index (χ1n) is 11.8. The van der Waals surface area contributed by atoms with Crippen molar-refractivity contribution in [1.29, 1.82) is 0 Å². The Hall–Kier alpha value is -3.00. The molecule has 0 aromatic heterocycles. The molecule has 1 atom stereocenters. The largest absolute Gasteiger partial charge is 0.337 e. The predicted molar refractivity (Wildman–Crippen MR) is 143 cm³/mol. The maximum Gasteiger partial charge on any atom is 0.254 e. The van der Waals surface area contributed by atoms with Gasteiger partial charge in [0.1, 0.15) is 0 Å². The number of nitrogens with one attached hydrogen (secondary N) is 1. The Balaban J connectivity index is 1.86. The van der Waals surface area contributed by atoms with E-state index in [9.17, 15) is 18.0 Å². The molecule has 0 fully saturated rings. The number of amides is 1. The molecule has 0 aliphatic carbocycles. The molecule has 3 aromatic rings. The van der Waals surface area contributed by atoms with Crippen molar-refractivity contribution in [3.05, 3.63) is 100 Å². The van der Waals surface area contributed by atoms with Crippen LogP contribution in [0.15, 0.2) is 77.7 Å². The zero-order valence-electron chi connectivity index (χ0n) is 20.9. The minimum atomic E-state index is -3.78. The number of hydrogen-bond acceptors (Lipinski definition) is 4. The fourth-order valence-electron chi connectivity index (χ4n) is 3.76. The normalized spacial score (nSPS) is 12.4. The summed E-state index contributed by atoms with van der Waals surface area (Å²) in [6.45, 7) is 8.02. The van der Waals surface area contributed by atoms with Gasteiger partial charge in [-0.05, 0) is 62.2 Å². The molecule has 1 unspecified atom stereocenters. The van der Waals surface area contributed by atoms with Crippen LogP contribution in [0.25, 0.3) is 0 Å². The zero-order chi connectivity index (χ0) is 26.5. The molecular formula is C28H31ClN2O4S. The lowest BCUT2D eigenvalue weighted by Crippen LogP contribution is -2.48. The molecule has 3 rings (SSSR count). The van der Waals surface area contributed by atoms with E-state index >= 15 is 0 Å². The Morgan fingerprint density at radius 3 is 2.06 bits per heavy atom. The second kappa shape index (κ2) is 11.8. The van der Waals surface area contributed by atoms with Gasteiger partial charge in [-0.25, -0.2) is 13.1 Å². The predicted octanol–water partition coefficient (Wildman–Crippen LogP) is 5.34. The highest BCUT2D eigenvalue weighted by Crippen LogP contribution is 2.20. The van der Waals surface area contributed by atoms with Gasteiger partial charge in [-0.2, -0.15) is 0 Å². The van der Waals surface area contributed by atoms with Gasteiger partial charge < -0.3 is 4.90 Å². The van der Waals surface area contributed by atoms with Crippen LogP contribution in [0.5, 0.6) is 0 Å². The molecule has 0 aliphatic rings. The van der Waals surface area contributed by atoms with Gasteiger partial charge in [0.25, 0.3) is 5.91 Å². The lowest BCUT2D eigenvalue weighted by atomic mass is 9.97. The minimum absolute atomic E-state index is 0.0852. The van der Waals surface area contributed by atoms with Crippen molar-refractivity contribution in [2.45, 2.75) is 38.6 Å². The molecule has 36 heavy (non-hydrogen) atoms. The first kappa shape index (κ1) is 27.6. The molecule has 1 amide bonds. The summed E-state index contributed by atoms with van der Waals surface area (Å²) in [6.07, 6.45) is 0. The van der Waals surface area contributed by atoms with Crippen LogP contribution in [0.1, 0.15) is 52.6 Å². The van der Waals surface area contributed by atoms with Gasteiger partial charge in [0, 0.05) is 35.3 Å². The van der Waals surface area contributed by atoms with E-state index < -0.39 is 16.1 Å². The number of halogens is 1. The molecule has 0 saturated carbocycles. The first-order chi connectivity index (χ1) is 17.0. The Kier molecular flexibility index (Phi) is 9.06. The molecule has 0 heterocycles. The summed E-state index contributed by atoms with van der Waals surface area (Å²) in [7, 11) is -3.78. The molecule has 0 bridgehead atoms. The number of carbonyl (C=O) groups is 2. The van der Waals surface area contributed by atoms with Crippen LogP contribution in [0.3, 0.4) is 0 Å². The van der Waals surface area contributed by atoms with Gasteiger partial charge in [0.15, 0.2) is 5.78 Å². The number of aryl methyl sites for hydroxylation is 1. The molecule has 190 valence electrons. The van der Waals surface area contributed by atoms with E-state index in [1.807, 2.05) is 27.7 Å².